The van der Waals surface area contributed by atoms with E-state index in [2.05, 4.69) is 60.5 Å². The molecule has 0 radical (unpaired) electrons. The van der Waals surface area contributed by atoms with E-state index >= 15 is 0 Å². The summed E-state index contributed by atoms with van der Waals surface area (Å²) in [7, 11) is 2.24. The Morgan fingerprint density at radius 1 is 1.19 bits per heavy atom. The van der Waals surface area contributed by atoms with Gasteiger partial charge >= 0.3 is 0 Å². The zero-order valence-corrected chi connectivity index (χ0v) is 19.9. The molecule has 2 aromatic heterocycles. The van der Waals surface area contributed by atoms with Crippen molar-refractivity contribution >= 4 is 48.5 Å². The highest BCUT2D eigenvalue weighted by molar-refractivity contribution is 7.85. The Bertz CT molecular complexity index is 1340. The van der Waals surface area contributed by atoms with Crippen molar-refractivity contribution in [3.05, 3.63) is 42.1 Å². The fourth-order valence-corrected chi connectivity index (χ4v) is 3.69. The summed E-state index contributed by atoms with van der Waals surface area (Å²) in [5.74, 6) is 1.82. The van der Waals surface area contributed by atoms with E-state index in [9.17, 15) is 8.42 Å². The van der Waals surface area contributed by atoms with Crippen LogP contribution in [0.4, 0.5) is 5.82 Å². The number of nitrogens with zero attached hydrogens (tertiary/aromatic N) is 2. The van der Waals surface area contributed by atoms with Crippen molar-refractivity contribution in [2.45, 2.75) is 13.3 Å². The number of hydrogen-bond donors (Lipinski definition) is 3. The van der Waals surface area contributed by atoms with Gasteiger partial charge in [0.05, 0.1) is 24.3 Å². The van der Waals surface area contributed by atoms with Crippen LogP contribution in [-0.2, 0) is 10.1 Å². The number of aromatic nitrogens is 2. The number of anilines is 1. The van der Waals surface area contributed by atoms with E-state index in [1.807, 2.05) is 12.3 Å². The molecule has 0 bridgehead atoms. The molecule has 0 saturated heterocycles. The quantitative estimate of drug-likeness (QED) is 0.295. The summed E-state index contributed by atoms with van der Waals surface area (Å²) < 4.78 is 31.3. The second kappa shape index (κ2) is 9.72. The van der Waals surface area contributed by atoms with Crippen LogP contribution in [0, 0.1) is 6.92 Å². The van der Waals surface area contributed by atoms with Gasteiger partial charge in [-0.25, -0.2) is 4.98 Å². The molecule has 32 heavy (non-hydrogen) atoms. The molecule has 0 unspecified atom stereocenters. The largest absolute Gasteiger partial charge is 0.497 e. The molecular formula is C23H30N4O4S. The zero-order valence-electron chi connectivity index (χ0n) is 19.1. The van der Waals surface area contributed by atoms with Crippen molar-refractivity contribution < 1.29 is 17.7 Å². The maximum absolute atomic E-state index is 9.19. The average molecular weight is 459 g/mol. The lowest BCUT2D eigenvalue weighted by atomic mass is 10.0. The number of H-pyrrole nitrogens is 1. The minimum Gasteiger partial charge on any atom is -0.497 e. The van der Waals surface area contributed by atoms with Crippen molar-refractivity contribution in [3.63, 3.8) is 0 Å². The van der Waals surface area contributed by atoms with Gasteiger partial charge in [-0.15, -0.1) is 0 Å². The topological polar surface area (TPSA) is 108 Å². The Kier molecular flexibility index (Phi) is 7.22. The molecule has 2 heterocycles. The third-order valence-corrected chi connectivity index (χ3v) is 5.08. The van der Waals surface area contributed by atoms with Crippen molar-refractivity contribution in [2.75, 3.05) is 45.9 Å². The van der Waals surface area contributed by atoms with Crippen LogP contribution in [0.15, 0.2) is 36.5 Å². The molecule has 0 aliphatic carbocycles. The molecular weight excluding hydrogens is 428 g/mol. The lowest BCUT2D eigenvalue weighted by Crippen LogP contribution is -2.16. The van der Waals surface area contributed by atoms with Gasteiger partial charge in [-0.05, 0) is 74.6 Å². The van der Waals surface area contributed by atoms with Crippen molar-refractivity contribution in [3.8, 4) is 5.75 Å². The normalized spacial score (nSPS) is 11.7. The highest BCUT2D eigenvalue weighted by atomic mass is 32.2. The second-order valence-electron chi connectivity index (χ2n) is 8.06. The molecule has 3 N–H and O–H groups in total. The molecule has 4 rings (SSSR count). The van der Waals surface area contributed by atoms with Crippen LogP contribution in [-0.4, -0.2) is 68.4 Å². The lowest BCUT2D eigenvalue weighted by Gasteiger charge is -2.12. The first-order chi connectivity index (χ1) is 15.1. The standard InChI is InChI=1S/C22H26N4O.CH4O3S/c1-14-13-24-22(23-10-5-11-26(2)3)20-19-17-8-7-16(27-4)12-15(17)6-9-18(19)25-21(14)20;1-5(2,3)4/h6-9,12-13,25H,5,10-11H2,1-4H3,(H,23,24);1H3,(H,2,3,4). The number of aryl methyl sites for hydroxylation is 1. The molecule has 8 nitrogen and oxygen atoms in total. The number of rotatable bonds is 6. The summed E-state index contributed by atoms with van der Waals surface area (Å²) in [4.78, 5) is 10.5. The van der Waals surface area contributed by atoms with Gasteiger partial charge in [0.1, 0.15) is 11.6 Å². The van der Waals surface area contributed by atoms with Crippen LogP contribution in [0.5, 0.6) is 5.75 Å². The van der Waals surface area contributed by atoms with Crippen LogP contribution in [0.3, 0.4) is 0 Å². The van der Waals surface area contributed by atoms with Gasteiger partial charge in [0.15, 0.2) is 0 Å². The second-order valence-corrected chi connectivity index (χ2v) is 9.52. The van der Waals surface area contributed by atoms with E-state index in [1.54, 1.807) is 7.11 Å². The summed E-state index contributed by atoms with van der Waals surface area (Å²) >= 11 is 0. The Hall–Kier alpha value is -2.88. The first kappa shape index (κ1) is 23.8. The Balaban J connectivity index is 0.000000523. The highest BCUT2D eigenvalue weighted by Crippen LogP contribution is 2.37. The molecule has 172 valence electrons. The van der Waals surface area contributed by atoms with E-state index in [4.69, 9.17) is 14.3 Å². The van der Waals surface area contributed by atoms with E-state index in [0.29, 0.717) is 6.26 Å². The van der Waals surface area contributed by atoms with Crippen LogP contribution >= 0.6 is 0 Å². The molecule has 0 spiro atoms. The van der Waals surface area contributed by atoms with Crippen LogP contribution in [0.2, 0.25) is 0 Å². The molecule has 4 aromatic rings. The fourth-order valence-electron chi connectivity index (χ4n) is 3.69. The SMILES string of the molecule is COc1ccc2c(ccc3[nH]c4c(C)cnc(NCCCN(C)C)c4c32)c1.CS(=O)(=O)O. The molecule has 0 amide bonds. The fraction of sp³-hybridized carbons (Fsp3) is 0.348. The van der Waals surface area contributed by atoms with E-state index < -0.39 is 10.1 Å². The molecule has 0 saturated carbocycles. The Labute approximate surface area is 188 Å². The van der Waals surface area contributed by atoms with Crippen LogP contribution < -0.4 is 10.1 Å². The van der Waals surface area contributed by atoms with Gasteiger partial charge in [-0.1, -0.05) is 6.07 Å². The van der Waals surface area contributed by atoms with Crippen LogP contribution in [0.1, 0.15) is 12.0 Å². The maximum Gasteiger partial charge on any atom is 0.261 e. The van der Waals surface area contributed by atoms with Gasteiger partial charge in [0.2, 0.25) is 0 Å². The number of nitrogens with one attached hydrogen (secondary N) is 2. The van der Waals surface area contributed by atoms with Gasteiger partial charge in [0, 0.05) is 23.6 Å². The zero-order chi connectivity index (χ0) is 23.5. The molecule has 2 aromatic carbocycles. The van der Waals surface area contributed by atoms with Gasteiger partial charge in [-0.2, -0.15) is 8.42 Å². The molecule has 0 aliphatic rings. The van der Waals surface area contributed by atoms with Gasteiger partial charge in [0.25, 0.3) is 10.1 Å². The van der Waals surface area contributed by atoms with Gasteiger partial charge < -0.3 is 19.9 Å². The Morgan fingerprint density at radius 2 is 1.91 bits per heavy atom. The monoisotopic (exact) mass is 458 g/mol. The van der Waals surface area contributed by atoms with Crippen LogP contribution in [0.25, 0.3) is 32.6 Å². The Morgan fingerprint density at radius 3 is 2.56 bits per heavy atom. The number of methoxy groups -OCH3 is 1. The molecule has 9 heteroatoms. The third-order valence-electron chi connectivity index (χ3n) is 5.08. The van der Waals surface area contributed by atoms with Gasteiger partial charge in [-0.3, -0.25) is 4.55 Å². The smallest absolute Gasteiger partial charge is 0.261 e. The lowest BCUT2D eigenvalue weighted by molar-refractivity contribution is 0.405. The number of fused-ring (bicyclic) bond motifs is 5. The van der Waals surface area contributed by atoms with Crippen molar-refractivity contribution in [1.29, 1.82) is 0 Å². The maximum atomic E-state index is 9.19. The van der Waals surface area contributed by atoms with Crippen molar-refractivity contribution in [1.82, 2.24) is 14.9 Å². The third kappa shape index (κ3) is 5.67. The predicted octanol–water partition coefficient (Wildman–Crippen LogP) is 4.05. The minimum absolute atomic E-state index is 0.715. The summed E-state index contributed by atoms with van der Waals surface area (Å²) in [6, 6.07) is 10.5. The first-order valence-electron chi connectivity index (χ1n) is 10.3. The molecule has 0 aliphatic heterocycles. The minimum atomic E-state index is -3.67. The number of aromatic amines is 1. The molecule has 0 fully saturated rings. The van der Waals surface area contributed by atoms with Crippen molar-refractivity contribution in [2.24, 2.45) is 0 Å². The molecule has 0 atom stereocenters. The summed E-state index contributed by atoms with van der Waals surface area (Å²) in [6.07, 6.45) is 3.73. The highest BCUT2D eigenvalue weighted by Gasteiger charge is 2.15. The number of hydrogen-bond acceptors (Lipinski definition) is 6. The van der Waals surface area contributed by atoms with E-state index in [0.717, 1.165) is 47.7 Å². The average Bonchev–Trinajstić information content (AvgIpc) is 3.12. The first-order valence-corrected chi connectivity index (χ1v) is 12.1. The summed E-state index contributed by atoms with van der Waals surface area (Å²) in [5, 5.41) is 8.32. The van der Waals surface area contributed by atoms with E-state index in [1.165, 1.54) is 21.5 Å². The predicted molar refractivity (Wildman–Crippen MR) is 132 cm³/mol. The number of benzene rings is 2. The summed E-state index contributed by atoms with van der Waals surface area (Å²) in [6.45, 7) is 4.05. The number of ether oxygens (including phenoxy) is 1. The number of pyridine rings is 1. The summed E-state index contributed by atoms with van der Waals surface area (Å²) in [5.41, 5.74) is 3.44. The van der Waals surface area contributed by atoms with E-state index in [-0.39, 0.29) is 0 Å².